The highest BCUT2D eigenvalue weighted by Gasteiger charge is 2.30. The number of carbonyl (C=O) groups is 1. The predicted octanol–water partition coefficient (Wildman–Crippen LogP) is 1.57. The number of hydrogen-bond acceptors (Lipinski definition) is 2. The summed E-state index contributed by atoms with van der Waals surface area (Å²) in [7, 11) is 0. The summed E-state index contributed by atoms with van der Waals surface area (Å²) in [5.41, 5.74) is 0. The highest BCUT2D eigenvalue weighted by Crippen LogP contribution is 2.30. The summed E-state index contributed by atoms with van der Waals surface area (Å²) >= 11 is 0. The number of ether oxygens (including phenoxy) is 1. The van der Waals surface area contributed by atoms with Crippen molar-refractivity contribution in [3.63, 3.8) is 0 Å². The molecule has 1 rings (SSSR count). The van der Waals surface area contributed by atoms with E-state index in [1.54, 1.807) is 0 Å². The lowest BCUT2D eigenvalue weighted by Gasteiger charge is -2.19. The smallest absolute Gasteiger partial charge is 0.246 e. The van der Waals surface area contributed by atoms with Crippen LogP contribution >= 0.6 is 0 Å². The molecule has 0 bridgehead atoms. The van der Waals surface area contributed by atoms with Gasteiger partial charge in [-0.1, -0.05) is 13.8 Å². The summed E-state index contributed by atoms with van der Waals surface area (Å²) in [6.07, 6.45) is 2.33. The van der Waals surface area contributed by atoms with Gasteiger partial charge in [0.05, 0.1) is 0 Å². The summed E-state index contributed by atoms with van der Waals surface area (Å²) < 4.78 is 5.06. The second kappa shape index (κ2) is 5.35. The minimum absolute atomic E-state index is 0.0257. The Morgan fingerprint density at radius 1 is 1.43 bits per heavy atom. The van der Waals surface area contributed by atoms with Crippen molar-refractivity contribution in [2.45, 2.75) is 39.7 Å². The fourth-order valence-corrected chi connectivity index (χ4v) is 2.01. The minimum atomic E-state index is 0.0257. The van der Waals surface area contributed by atoms with E-state index in [9.17, 15) is 4.79 Å². The molecule has 82 valence electrons. The summed E-state index contributed by atoms with van der Waals surface area (Å²) in [6.45, 7) is 7.16. The average Bonchev–Trinajstić information content (AvgIpc) is 2.46. The number of carbonyl (C=O) groups excluding carboxylic acids is 1. The van der Waals surface area contributed by atoms with Gasteiger partial charge in [-0.3, -0.25) is 4.79 Å². The molecule has 1 aliphatic rings. The van der Waals surface area contributed by atoms with Gasteiger partial charge in [0, 0.05) is 12.6 Å². The van der Waals surface area contributed by atoms with Gasteiger partial charge in [-0.2, -0.15) is 0 Å². The molecule has 1 N–H and O–H groups in total. The zero-order valence-electron chi connectivity index (χ0n) is 9.38. The van der Waals surface area contributed by atoms with Crippen LogP contribution in [0.4, 0.5) is 0 Å². The first kappa shape index (κ1) is 11.5. The third-order valence-corrected chi connectivity index (χ3v) is 3.25. The fraction of sp³-hybridized carbons (Fsp3) is 0.909. The van der Waals surface area contributed by atoms with Crippen molar-refractivity contribution in [1.82, 2.24) is 5.32 Å². The van der Waals surface area contributed by atoms with Gasteiger partial charge in [-0.15, -0.1) is 0 Å². The van der Waals surface area contributed by atoms with Gasteiger partial charge in [0.1, 0.15) is 6.61 Å². The van der Waals surface area contributed by atoms with Gasteiger partial charge in [-0.05, 0) is 31.6 Å². The summed E-state index contributed by atoms with van der Waals surface area (Å²) in [6, 6.07) is 0.359. The van der Waals surface area contributed by atoms with Crippen LogP contribution < -0.4 is 5.32 Å². The molecule has 3 nitrogen and oxygen atoms in total. The van der Waals surface area contributed by atoms with Crippen molar-refractivity contribution < 1.29 is 9.53 Å². The number of nitrogens with one attached hydrogen (secondary N) is 1. The third kappa shape index (κ3) is 2.98. The molecule has 1 fully saturated rings. The molecule has 3 unspecified atom stereocenters. The van der Waals surface area contributed by atoms with Crippen LogP contribution in [0.25, 0.3) is 0 Å². The topological polar surface area (TPSA) is 38.3 Å². The van der Waals surface area contributed by atoms with Crippen LogP contribution in [-0.4, -0.2) is 25.2 Å². The first-order chi connectivity index (χ1) is 6.65. The average molecular weight is 199 g/mol. The van der Waals surface area contributed by atoms with Crippen LogP contribution in [0.3, 0.4) is 0 Å². The minimum Gasteiger partial charge on any atom is -0.372 e. The van der Waals surface area contributed by atoms with Crippen molar-refractivity contribution in [3.05, 3.63) is 0 Å². The monoisotopic (exact) mass is 199 g/mol. The standard InChI is InChI=1S/C11H21NO2/c1-4-14-7-11(13)12-10-6-5-8(2)9(10)3/h8-10H,4-7H2,1-3H3,(H,12,13). The van der Waals surface area contributed by atoms with Crippen LogP contribution in [-0.2, 0) is 9.53 Å². The maximum atomic E-state index is 11.4. The molecule has 0 spiro atoms. The Morgan fingerprint density at radius 2 is 2.14 bits per heavy atom. The summed E-state index contributed by atoms with van der Waals surface area (Å²) in [4.78, 5) is 11.4. The lowest BCUT2D eigenvalue weighted by molar-refractivity contribution is -0.126. The van der Waals surface area contributed by atoms with Crippen molar-refractivity contribution in [1.29, 1.82) is 0 Å². The number of hydrogen-bond donors (Lipinski definition) is 1. The maximum Gasteiger partial charge on any atom is 0.246 e. The molecule has 1 saturated carbocycles. The van der Waals surface area contributed by atoms with Crippen molar-refractivity contribution in [2.75, 3.05) is 13.2 Å². The Labute approximate surface area is 86.2 Å². The van der Waals surface area contributed by atoms with E-state index in [1.807, 2.05) is 6.92 Å². The van der Waals surface area contributed by atoms with Gasteiger partial charge in [0.2, 0.25) is 5.91 Å². The second-order valence-corrected chi connectivity index (χ2v) is 4.22. The lowest BCUT2D eigenvalue weighted by atomic mass is 9.98. The molecule has 0 aromatic carbocycles. The van der Waals surface area contributed by atoms with Gasteiger partial charge >= 0.3 is 0 Å². The Morgan fingerprint density at radius 3 is 2.64 bits per heavy atom. The second-order valence-electron chi connectivity index (χ2n) is 4.22. The van der Waals surface area contributed by atoms with Crippen molar-refractivity contribution >= 4 is 5.91 Å². The molecule has 1 aliphatic carbocycles. The Kier molecular flexibility index (Phi) is 4.39. The Balaban J connectivity index is 2.27. The van der Waals surface area contributed by atoms with E-state index in [1.165, 1.54) is 6.42 Å². The van der Waals surface area contributed by atoms with E-state index in [0.717, 1.165) is 12.3 Å². The normalized spacial score (nSPS) is 31.8. The van der Waals surface area contributed by atoms with E-state index >= 15 is 0 Å². The Hall–Kier alpha value is -0.570. The molecule has 0 aromatic heterocycles. The van der Waals surface area contributed by atoms with Crippen LogP contribution in [0.5, 0.6) is 0 Å². The quantitative estimate of drug-likeness (QED) is 0.746. The van der Waals surface area contributed by atoms with E-state index in [-0.39, 0.29) is 12.5 Å². The molecule has 14 heavy (non-hydrogen) atoms. The molecule has 0 saturated heterocycles. The number of rotatable bonds is 4. The maximum absolute atomic E-state index is 11.4. The fourth-order valence-electron chi connectivity index (χ4n) is 2.01. The van der Waals surface area contributed by atoms with Gasteiger partial charge in [0.15, 0.2) is 0 Å². The van der Waals surface area contributed by atoms with E-state index < -0.39 is 0 Å². The molecule has 0 heterocycles. The van der Waals surface area contributed by atoms with E-state index in [2.05, 4.69) is 19.2 Å². The van der Waals surface area contributed by atoms with Gasteiger partial charge in [-0.25, -0.2) is 0 Å². The lowest BCUT2D eigenvalue weighted by Crippen LogP contribution is -2.39. The highest BCUT2D eigenvalue weighted by molar-refractivity contribution is 5.77. The molecule has 0 aromatic rings. The van der Waals surface area contributed by atoms with E-state index in [0.29, 0.717) is 18.6 Å². The largest absolute Gasteiger partial charge is 0.372 e. The van der Waals surface area contributed by atoms with Gasteiger partial charge < -0.3 is 10.1 Å². The van der Waals surface area contributed by atoms with Crippen LogP contribution in [0.1, 0.15) is 33.6 Å². The van der Waals surface area contributed by atoms with Crippen LogP contribution in [0.15, 0.2) is 0 Å². The van der Waals surface area contributed by atoms with Crippen LogP contribution in [0.2, 0.25) is 0 Å². The van der Waals surface area contributed by atoms with Gasteiger partial charge in [0.25, 0.3) is 0 Å². The van der Waals surface area contributed by atoms with Crippen molar-refractivity contribution in [3.8, 4) is 0 Å². The molecule has 0 aliphatic heterocycles. The first-order valence-corrected chi connectivity index (χ1v) is 5.52. The summed E-state index contributed by atoms with van der Waals surface area (Å²) in [5, 5.41) is 3.03. The molecular formula is C11H21NO2. The molecule has 3 atom stereocenters. The highest BCUT2D eigenvalue weighted by atomic mass is 16.5. The summed E-state index contributed by atoms with van der Waals surface area (Å²) in [5.74, 6) is 1.35. The van der Waals surface area contributed by atoms with Crippen molar-refractivity contribution in [2.24, 2.45) is 11.8 Å². The molecule has 3 heteroatoms. The van der Waals surface area contributed by atoms with Crippen LogP contribution in [0, 0.1) is 11.8 Å². The zero-order valence-corrected chi connectivity index (χ0v) is 9.38. The third-order valence-electron chi connectivity index (χ3n) is 3.25. The first-order valence-electron chi connectivity index (χ1n) is 5.52. The number of amides is 1. The molecule has 0 radical (unpaired) electrons. The zero-order chi connectivity index (χ0) is 10.6. The SMILES string of the molecule is CCOCC(=O)NC1CCC(C)C1C. The predicted molar refractivity (Wildman–Crippen MR) is 56.0 cm³/mol. The Bertz CT molecular complexity index is 194. The molecule has 1 amide bonds. The molecular weight excluding hydrogens is 178 g/mol. The van der Waals surface area contributed by atoms with E-state index in [4.69, 9.17) is 4.74 Å².